The second-order valence-electron chi connectivity index (χ2n) is 7.18. The SMILES string of the molecule is C=CC(C)(I)c1nc(C(F)(F)I)nc2nn(-c3ccccc3Nc3ccccc3)c(N)c12. The van der Waals surface area contributed by atoms with Crippen molar-refractivity contribution in [1.82, 2.24) is 19.7 Å². The molecule has 2 aromatic heterocycles. The number of halogens is 4. The highest BCUT2D eigenvalue weighted by atomic mass is 127. The number of para-hydroxylation sites is 3. The average molecular weight is 658 g/mol. The molecule has 3 N–H and O–H groups in total. The molecule has 0 saturated heterocycles. The van der Waals surface area contributed by atoms with Gasteiger partial charge in [-0.05, 0) is 31.2 Å². The number of nitrogens with one attached hydrogen (secondary N) is 1. The molecule has 6 nitrogen and oxygen atoms in total. The number of fused-ring (bicyclic) bond motifs is 1. The van der Waals surface area contributed by atoms with E-state index in [0.29, 0.717) is 16.8 Å². The van der Waals surface area contributed by atoms with Gasteiger partial charge in [0, 0.05) is 28.3 Å². The Labute approximate surface area is 210 Å². The third kappa shape index (κ3) is 4.29. The Hall–Kier alpha value is -2.35. The van der Waals surface area contributed by atoms with Crippen LogP contribution in [0.3, 0.4) is 0 Å². The predicted molar refractivity (Wildman–Crippen MR) is 140 cm³/mol. The van der Waals surface area contributed by atoms with E-state index in [1.807, 2.05) is 61.5 Å². The molecule has 0 aliphatic heterocycles. The third-order valence-corrected chi connectivity index (χ3v) is 6.29. The molecule has 0 spiro atoms. The minimum Gasteiger partial charge on any atom is -0.383 e. The van der Waals surface area contributed by atoms with Crippen LogP contribution in [-0.4, -0.2) is 19.7 Å². The minimum absolute atomic E-state index is 0.0955. The molecular formula is C22H18F2I2N6. The van der Waals surface area contributed by atoms with Gasteiger partial charge < -0.3 is 11.1 Å². The fourth-order valence-electron chi connectivity index (χ4n) is 3.21. The van der Waals surface area contributed by atoms with Crippen molar-refractivity contribution in [3.05, 3.63) is 78.8 Å². The lowest BCUT2D eigenvalue weighted by atomic mass is 10.0. The van der Waals surface area contributed by atoms with Crippen LogP contribution in [-0.2, 0) is 7.35 Å². The highest BCUT2D eigenvalue weighted by Gasteiger charge is 2.36. The fourth-order valence-corrected chi connectivity index (χ4v) is 3.84. The quantitative estimate of drug-likeness (QED) is 0.141. The van der Waals surface area contributed by atoms with Gasteiger partial charge >= 0.3 is 3.93 Å². The smallest absolute Gasteiger partial charge is 0.354 e. The Morgan fingerprint density at radius 1 is 1.06 bits per heavy atom. The van der Waals surface area contributed by atoms with Crippen molar-refractivity contribution in [2.45, 2.75) is 14.3 Å². The van der Waals surface area contributed by atoms with Crippen molar-refractivity contribution < 1.29 is 8.78 Å². The molecule has 2 aromatic carbocycles. The molecule has 0 saturated carbocycles. The number of hydrogen-bond donors (Lipinski definition) is 2. The van der Waals surface area contributed by atoms with Gasteiger partial charge in [-0.2, -0.15) is 8.78 Å². The number of nitrogens with two attached hydrogens (primary N) is 1. The summed E-state index contributed by atoms with van der Waals surface area (Å²) in [5.41, 5.74) is 9.22. The van der Waals surface area contributed by atoms with E-state index in [9.17, 15) is 8.78 Å². The van der Waals surface area contributed by atoms with Gasteiger partial charge in [0.1, 0.15) is 5.82 Å². The maximum atomic E-state index is 14.1. The lowest BCUT2D eigenvalue weighted by Gasteiger charge is -2.19. The van der Waals surface area contributed by atoms with Crippen molar-refractivity contribution in [2.24, 2.45) is 0 Å². The van der Waals surface area contributed by atoms with Gasteiger partial charge in [0.25, 0.3) is 0 Å². The molecule has 164 valence electrons. The summed E-state index contributed by atoms with van der Waals surface area (Å²) in [5.74, 6) is -0.365. The standard InChI is InChI=1S/C22H18F2I2N6/c1-3-21(2,25)17-16-18(27)32(31-19(16)30-20(29-17)22(23,24)26)15-12-8-7-11-14(15)28-13-9-5-4-6-10-13/h3-12,28H,1,27H2,2H3. The molecule has 4 aromatic rings. The van der Waals surface area contributed by atoms with Crippen molar-refractivity contribution in [2.75, 3.05) is 11.1 Å². The summed E-state index contributed by atoms with van der Waals surface area (Å²) < 4.78 is 25.8. The van der Waals surface area contributed by atoms with Crippen LogP contribution in [0.1, 0.15) is 18.4 Å². The molecule has 0 radical (unpaired) electrons. The maximum absolute atomic E-state index is 14.1. The second-order valence-corrected chi connectivity index (χ2v) is 10.8. The number of benzene rings is 2. The zero-order valence-corrected chi connectivity index (χ0v) is 21.2. The molecule has 1 atom stereocenters. The largest absolute Gasteiger partial charge is 0.383 e. The number of nitrogen functional groups attached to an aromatic ring is 1. The van der Waals surface area contributed by atoms with Gasteiger partial charge in [0.2, 0.25) is 5.82 Å². The van der Waals surface area contributed by atoms with Gasteiger partial charge in [0.05, 0.1) is 25.9 Å². The third-order valence-electron chi connectivity index (χ3n) is 4.85. The van der Waals surface area contributed by atoms with Crippen molar-refractivity contribution >= 4 is 73.4 Å². The summed E-state index contributed by atoms with van der Waals surface area (Å²) in [7, 11) is 0. The Bertz CT molecular complexity index is 1300. The molecule has 0 bridgehead atoms. The number of aromatic nitrogens is 4. The monoisotopic (exact) mass is 658 g/mol. The first kappa shape index (κ1) is 22.8. The van der Waals surface area contributed by atoms with E-state index in [1.165, 1.54) is 4.68 Å². The summed E-state index contributed by atoms with van der Waals surface area (Å²) in [6.45, 7) is 5.65. The number of hydrogen-bond acceptors (Lipinski definition) is 5. The lowest BCUT2D eigenvalue weighted by molar-refractivity contribution is 0.116. The molecular weight excluding hydrogens is 640 g/mol. The van der Waals surface area contributed by atoms with E-state index >= 15 is 0 Å². The molecule has 0 aliphatic rings. The molecule has 2 heterocycles. The van der Waals surface area contributed by atoms with Gasteiger partial charge in [-0.1, -0.05) is 59.0 Å². The van der Waals surface area contributed by atoms with Crippen molar-refractivity contribution in [1.29, 1.82) is 0 Å². The molecule has 0 aliphatic carbocycles. The second kappa shape index (κ2) is 8.54. The van der Waals surface area contributed by atoms with Crippen LogP contribution in [0, 0.1) is 0 Å². The van der Waals surface area contributed by atoms with E-state index < -0.39 is 13.2 Å². The summed E-state index contributed by atoms with van der Waals surface area (Å²) in [4.78, 5) is 8.21. The molecule has 1 unspecified atom stereocenters. The Kier molecular flexibility index (Phi) is 6.09. The van der Waals surface area contributed by atoms with Gasteiger partial charge in [-0.3, -0.25) is 0 Å². The van der Waals surface area contributed by atoms with Crippen LogP contribution in [0.2, 0.25) is 0 Å². The summed E-state index contributed by atoms with van der Waals surface area (Å²) in [6, 6.07) is 17.1. The topological polar surface area (TPSA) is 81.7 Å². The average Bonchev–Trinajstić information content (AvgIpc) is 3.10. The van der Waals surface area contributed by atoms with E-state index in [4.69, 9.17) is 5.73 Å². The molecule has 0 fully saturated rings. The first-order valence-electron chi connectivity index (χ1n) is 9.49. The van der Waals surface area contributed by atoms with Crippen LogP contribution < -0.4 is 11.1 Å². The van der Waals surface area contributed by atoms with Crippen molar-refractivity contribution in [3.8, 4) is 5.69 Å². The predicted octanol–water partition coefficient (Wildman–Crippen LogP) is 6.46. The number of alkyl halides is 4. The maximum Gasteiger partial charge on any atom is 0.354 e. The van der Waals surface area contributed by atoms with Crippen LogP contribution in [0.25, 0.3) is 16.7 Å². The Morgan fingerprint density at radius 3 is 2.38 bits per heavy atom. The van der Waals surface area contributed by atoms with Gasteiger partial charge in [-0.25, -0.2) is 14.6 Å². The number of rotatable bonds is 6. The Balaban J connectivity index is 1.96. The number of nitrogens with zero attached hydrogens (tertiary/aromatic N) is 4. The highest BCUT2D eigenvalue weighted by molar-refractivity contribution is 14.1. The first-order chi connectivity index (χ1) is 15.1. The number of allylic oxidation sites excluding steroid dienone is 1. The van der Waals surface area contributed by atoms with Crippen LogP contribution in [0.4, 0.5) is 26.0 Å². The zero-order valence-electron chi connectivity index (χ0n) is 16.9. The Morgan fingerprint density at radius 2 is 1.72 bits per heavy atom. The van der Waals surface area contributed by atoms with E-state index in [-0.39, 0.29) is 11.5 Å². The van der Waals surface area contributed by atoms with Crippen LogP contribution in [0.15, 0.2) is 67.3 Å². The van der Waals surface area contributed by atoms with E-state index in [2.05, 4.69) is 49.6 Å². The highest BCUT2D eigenvalue weighted by Crippen LogP contribution is 2.41. The fraction of sp³-hybridized carbons (Fsp3) is 0.136. The minimum atomic E-state index is -3.26. The summed E-state index contributed by atoms with van der Waals surface area (Å²) in [6.07, 6.45) is 1.63. The van der Waals surface area contributed by atoms with Gasteiger partial charge in [0.15, 0.2) is 5.65 Å². The first-order valence-corrected chi connectivity index (χ1v) is 11.7. The van der Waals surface area contributed by atoms with Crippen molar-refractivity contribution in [3.63, 3.8) is 0 Å². The zero-order chi connectivity index (χ0) is 23.1. The van der Waals surface area contributed by atoms with E-state index in [1.54, 1.807) is 6.08 Å². The van der Waals surface area contributed by atoms with Crippen LogP contribution in [0.5, 0.6) is 0 Å². The normalized spacial score (nSPS) is 13.7. The van der Waals surface area contributed by atoms with E-state index in [0.717, 1.165) is 34.0 Å². The lowest BCUT2D eigenvalue weighted by Crippen LogP contribution is -2.18. The summed E-state index contributed by atoms with van der Waals surface area (Å²) in [5, 5.41) is 8.25. The molecule has 10 heteroatoms. The van der Waals surface area contributed by atoms with Crippen LogP contribution >= 0.6 is 45.2 Å². The number of anilines is 3. The molecule has 0 amide bonds. The molecule has 4 rings (SSSR count). The summed E-state index contributed by atoms with van der Waals surface area (Å²) >= 11 is 3.11. The molecule has 32 heavy (non-hydrogen) atoms. The van der Waals surface area contributed by atoms with Gasteiger partial charge in [-0.15, -0.1) is 11.7 Å².